The maximum Gasteiger partial charge on any atom is 0.331 e. The molecule has 0 aromatic heterocycles. The van der Waals surface area contributed by atoms with Gasteiger partial charge < -0.3 is 10.0 Å². The number of hydrogen-bond donors (Lipinski definition) is 1. The van der Waals surface area contributed by atoms with E-state index in [0.29, 0.717) is 24.1 Å². The third-order valence-electron chi connectivity index (χ3n) is 8.05. The van der Waals surface area contributed by atoms with Crippen molar-refractivity contribution in [1.29, 1.82) is 0 Å². The Labute approximate surface area is 202 Å². The zero-order chi connectivity index (χ0) is 23.5. The topological polar surface area (TPSA) is 57.6 Å². The minimum Gasteiger partial charge on any atom is -0.478 e. The van der Waals surface area contributed by atoms with Crippen molar-refractivity contribution in [3.63, 3.8) is 0 Å². The molecule has 1 N–H and O–H groups in total. The maximum atomic E-state index is 13.7. The number of nitrogens with zero attached hydrogens (tertiary/aromatic N) is 1. The summed E-state index contributed by atoms with van der Waals surface area (Å²) in [6, 6.07) is 15.1. The van der Waals surface area contributed by atoms with Crippen LogP contribution >= 0.6 is 0 Å². The molecular weight excluding hydrogens is 422 g/mol. The number of carboxylic acid groups (broad SMARTS) is 1. The van der Waals surface area contributed by atoms with Gasteiger partial charge in [0.2, 0.25) is 0 Å². The fourth-order valence-corrected chi connectivity index (χ4v) is 6.14. The molecule has 0 spiro atoms. The summed E-state index contributed by atoms with van der Waals surface area (Å²) in [5.41, 5.74) is 5.66. The molecule has 2 aromatic carbocycles. The van der Waals surface area contributed by atoms with Gasteiger partial charge in [-0.2, -0.15) is 0 Å². The molecule has 2 saturated carbocycles. The van der Waals surface area contributed by atoms with E-state index in [1.807, 2.05) is 24.3 Å². The van der Waals surface area contributed by atoms with E-state index in [2.05, 4.69) is 23.1 Å². The summed E-state index contributed by atoms with van der Waals surface area (Å²) in [5, 5.41) is 9.27. The second kappa shape index (κ2) is 10.2. The molecule has 0 unspecified atom stereocenters. The first kappa shape index (κ1) is 22.9. The number of benzene rings is 2. The molecule has 0 heterocycles. The summed E-state index contributed by atoms with van der Waals surface area (Å²) in [6.45, 7) is 0. The van der Waals surface area contributed by atoms with Gasteiger partial charge in [0.1, 0.15) is 0 Å². The van der Waals surface area contributed by atoms with Gasteiger partial charge in [0, 0.05) is 23.2 Å². The SMILES string of the molecule is O=C(O)C1=Cc2ccc(-c3ccc(C(=O)N(C4CCCCC4)C4CCCCC4)cc3)cc2CC1. The number of rotatable bonds is 5. The number of amides is 1. The largest absolute Gasteiger partial charge is 0.478 e. The Balaban J connectivity index is 1.36. The van der Waals surface area contributed by atoms with E-state index in [4.69, 9.17) is 0 Å². The molecule has 0 saturated heterocycles. The van der Waals surface area contributed by atoms with E-state index in [1.54, 1.807) is 6.08 Å². The van der Waals surface area contributed by atoms with Crippen LogP contribution in [-0.2, 0) is 11.2 Å². The van der Waals surface area contributed by atoms with E-state index in [-0.39, 0.29) is 5.91 Å². The second-order valence-corrected chi connectivity index (χ2v) is 10.3. The molecule has 4 heteroatoms. The fraction of sp³-hybridized carbons (Fsp3) is 0.467. The summed E-state index contributed by atoms with van der Waals surface area (Å²) in [5.74, 6) is -0.618. The first-order chi connectivity index (χ1) is 16.6. The summed E-state index contributed by atoms with van der Waals surface area (Å²) < 4.78 is 0. The van der Waals surface area contributed by atoms with Gasteiger partial charge >= 0.3 is 5.97 Å². The molecule has 3 aliphatic rings. The Morgan fingerprint density at radius 3 is 1.91 bits per heavy atom. The second-order valence-electron chi connectivity index (χ2n) is 10.3. The van der Waals surface area contributed by atoms with Crippen molar-refractivity contribution in [2.24, 2.45) is 0 Å². The summed E-state index contributed by atoms with van der Waals surface area (Å²) >= 11 is 0. The first-order valence-corrected chi connectivity index (χ1v) is 13.1. The number of carbonyl (C=O) groups excluding carboxylic acids is 1. The van der Waals surface area contributed by atoms with Crippen LogP contribution in [0.4, 0.5) is 0 Å². The highest BCUT2D eigenvalue weighted by atomic mass is 16.4. The van der Waals surface area contributed by atoms with Crippen LogP contribution in [0.2, 0.25) is 0 Å². The van der Waals surface area contributed by atoms with Crippen LogP contribution in [0.3, 0.4) is 0 Å². The van der Waals surface area contributed by atoms with Crippen molar-refractivity contribution in [2.45, 2.75) is 89.1 Å². The van der Waals surface area contributed by atoms with Crippen LogP contribution in [0.15, 0.2) is 48.0 Å². The van der Waals surface area contributed by atoms with Crippen molar-refractivity contribution in [3.8, 4) is 11.1 Å². The Morgan fingerprint density at radius 2 is 1.32 bits per heavy atom. The fourth-order valence-electron chi connectivity index (χ4n) is 6.14. The van der Waals surface area contributed by atoms with E-state index in [1.165, 1.54) is 44.1 Å². The monoisotopic (exact) mass is 457 g/mol. The first-order valence-electron chi connectivity index (χ1n) is 13.1. The van der Waals surface area contributed by atoms with E-state index in [0.717, 1.165) is 54.4 Å². The Morgan fingerprint density at radius 1 is 0.735 bits per heavy atom. The van der Waals surface area contributed by atoms with Gasteiger partial charge in [-0.15, -0.1) is 0 Å². The predicted octanol–water partition coefficient (Wildman–Crippen LogP) is 6.88. The number of aryl methyl sites for hydroxylation is 1. The zero-order valence-electron chi connectivity index (χ0n) is 20.0. The van der Waals surface area contributed by atoms with Gasteiger partial charge in [-0.1, -0.05) is 68.9 Å². The van der Waals surface area contributed by atoms with Crippen molar-refractivity contribution < 1.29 is 14.7 Å². The van der Waals surface area contributed by atoms with Crippen molar-refractivity contribution >= 4 is 18.0 Å². The summed E-state index contributed by atoms with van der Waals surface area (Å²) in [6.07, 6.45) is 15.2. The Bertz CT molecular complexity index is 1050. The van der Waals surface area contributed by atoms with E-state index >= 15 is 0 Å². The number of hydrogen-bond acceptors (Lipinski definition) is 2. The lowest BCUT2D eigenvalue weighted by atomic mass is 9.88. The Hall–Kier alpha value is -2.88. The normalized spacial score (nSPS) is 19.2. The number of aliphatic carboxylic acids is 1. The molecule has 4 nitrogen and oxygen atoms in total. The number of carboxylic acids is 1. The lowest BCUT2D eigenvalue weighted by Crippen LogP contribution is -2.48. The van der Waals surface area contributed by atoms with Crippen LogP contribution in [0.25, 0.3) is 17.2 Å². The van der Waals surface area contributed by atoms with Gasteiger partial charge in [-0.05, 0) is 79.0 Å². The van der Waals surface area contributed by atoms with Crippen LogP contribution in [0.5, 0.6) is 0 Å². The van der Waals surface area contributed by atoms with Crippen LogP contribution in [0, 0.1) is 0 Å². The molecule has 0 atom stereocenters. The van der Waals surface area contributed by atoms with Gasteiger partial charge in [0.15, 0.2) is 0 Å². The van der Waals surface area contributed by atoms with Gasteiger partial charge in [0.25, 0.3) is 5.91 Å². The summed E-state index contributed by atoms with van der Waals surface area (Å²) in [4.78, 5) is 27.3. The lowest BCUT2D eigenvalue weighted by molar-refractivity contribution is -0.132. The molecule has 5 rings (SSSR count). The Kier molecular flexibility index (Phi) is 6.85. The highest BCUT2D eigenvalue weighted by Crippen LogP contribution is 2.33. The third-order valence-corrected chi connectivity index (χ3v) is 8.05. The smallest absolute Gasteiger partial charge is 0.331 e. The molecule has 3 aliphatic carbocycles. The molecule has 0 radical (unpaired) electrons. The van der Waals surface area contributed by atoms with Crippen LogP contribution in [0.1, 0.15) is 92.1 Å². The molecule has 2 aromatic rings. The average molecular weight is 458 g/mol. The molecule has 1 amide bonds. The average Bonchev–Trinajstić information content (AvgIpc) is 2.89. The molecule has 0 bridgehead atoms. The van der Waals surface area contributed by atoms with Crippen LogP contribution < -0.4 is 0 Å². The highest BCUT2D eigenvalue weighted by molar-refractivity contribution is 5.95. The van der Waals surface area contributed by atoms with E-state index in [9.17, 15) is 14.7 Å². The standard InChI is InChI=1S/C30H35NO3/c32-29(31(27-7-3-1-4-8-27)28-9-5-2-6-10-28)22-13-11-21(12-14-22)23-15-16-25-20-26(30(33)34)18-17-24(25)19-23/h11-16,19-20,27-28H,1-10,17-18H2,(H,33,34). The maximum absolute atomic E-state index is 13.7. The predicted molar refractivity (Wildman–Crippen MR) is 136 cm³/mol. The molecule has 0 aliphatic heterocycles. The van der Waals surface area contributed by atoms with Gasteiger partial charge in [0.05, 0.1) is 0 Å². The van der Waals surface area contributed by atoms with Crippen LogP contribution in [-0.4, -0.2) is 34.0 Å². The lowest BCUT2D eigenvalue weighted by Gasteiger charge is -2.42. The molecule has 2 fully saturated rings. The van der Waals surface area contributed by atoms with Crippen molar-refractivity contribution in [1.82, 2.24) is 4.90 Å². The van der Waals surface area contributed by atoms with E-state index < -0.39 is 5.97 Å². The minimum atomic E-state index is -0.828. The number of carbonyl (C=O) groups is 2. The zero-order valence-corrected chi connectivity index (χ0v) is 20.0. The van der Waals surface area contributed by atoms with Gasteiger partial charge in [-0.25, -0.2) is 4.79 Å². The van der Waals surface area contributed by atoms with Crippen molar-refractivity contribution in [3.05, 3.63) is 64.7 Å². The molecular formula is C30H35NO3. The highest BCUT2D eigenvalue weighted by Gasteiger charge is 2.33. The summed E-state index contributed by atoms with van der Waals surface area (Å²) in [7, 11) is 0. The van der Waals surface area contributed by atoms with Crippen molar-refractivity contribution in [2.75, 3.05) is 0 Å². The molecule has 34 heavy (non-hydrogen) atoms. The quantitative estimate of drug-likeness (QED) is 0.533. The number of fused-ring (bicyclic) bond motifs is 1. The van der Waals surface area contributed by atoms with Gasteiger partial charge in [-0.3, -0.25) is 4.79 Å². The molecule has 178 valence electrons. The minimum absolute atomic E-state index is 0.210. The third kappa shape index (κ3) is 4.82.